The van der Waals surface area contributed by atoms with E-state index in [2.05, 4.69) is 0 Å². The molecule has 0 fully saturated rings. The zero-order valence-electron chi connectivity index (χ0n) is 11.7. The summed E-state index contributed by atoms with van der Waals surface area (Å²) in [7, 11) is 0. The Morgan fingerprint density at radius 3 is 2.50 bits per heavy atom. The third-order valence-corrected chi connectivity index (χ3v) is 3.02. The minimum Gasteiger partial charge on any atom is -0.362 e. The van der Waals surface area contributed by atoms with Crippen molar-refractivity contribution in [1.29, 1.82) is 0 Å². The smallest absolute Gasteiger partial charge is 0.362 e. The highest BCUT2D eigenvalue weighted by Gasteiger charge is 2.31. The van der Waals surface area contributed by atoms with Gasteiger partial charge in [0.1, 0.15) is 6.54 Å². The van der Waals surface area contributed by atoms with E-state index in [9.17, 15) is 13.2 Å². The van der Waals surface area contributed by atoms with Crippen LogP contribution < -0.4 is 10.6 Å². The van der Waals surface area contributed by atoms with Crippen LogP contribution in [0.3, 0.4) is 0 Å². The van der Waals surface area contributed by atoms with Gasteiger partial charge < -0.3 is 10.6 Å². The molecular weight excluding hydrogens is 289 g/mol. The van der Waals surface area contributed by atoms with Crippen molar-refractivity contribution in [2.45, 2.75) is 38.9 Å². The Hall–Kier alpha value is -0.940. The summed E-state index contributed by atoms with van der Waals surface area (Å²) < 4.78 is 38.1. The Labute approximate surface area is 122 Å². The molecule has 1 aromatic rings. The molecule has 1 unspecified atom stereocenters. The van der Waals surface area contributed by atoms with Crippen LogP contribution in [0, 0.1) is 0 Å². The predicted molar refractivity (Wildman–Crippen MR) is 77.4 cm³/mol. The molecule has 0 saturated heterocycles. The second kappa shape index (κ2) is 7.18. The van der Waals surface area contributed by atoms with E-state index in [0.717, 1.165) is 5.56 Å². The topological polar surface area (TPSA) is 29.3 Å². The summed E-state index contributed by atoms with van der Waals surface area (Å²) in [5.41, 5.74) is 7.08. The third kappa shape index (κ3) is 5.59. The van der Waals surface area contributed by atoms with Gasteiger partial charge in [-0.1, -0.05) is 18.5 Å². The molecular formula is C14H20ClF3N2. The largest absolute Gasteiger partial charge is 0.405 e. The quantitative estimate of drug-likeness (QED) is 0.860. The van der Waals surface area contributed by atoms with Crippen LogP contribution in [0.25, 0.3) is 0 Å². The Morgan fingerprint density at radius 1 is 1.35 bits per heavy atom. The number of halogens is 4. The number of nitrogens with zero attached hydrogens (tertiary/aromatic N) is 1. The molecule has 2 N–H and O–H groups in total. The van der Waals surface area contributed by atoms with Crippen molar-refractivity contribution in [3.63, 3.8) is 0 Å². The number of hydrogen-bond acceptors (Lipinski definition) is 2. The average molecular weight is 309 g/mol. The number of benzene rings is 1. The Balaban J connectivity index is 3.11. The first-order chi connectivity index (χ1) is 9.23. The minimum absolute atomic E-state index is 0.137. The lowest BCUT2D eigenvalue weighted by Crippen LogP contribution is -2.35. The zero-order chi connectivity index (χ0) is 15.3. The van der Waals surface area contributed by atoms with E-state index in [-0.39, 0.29) is 6.04 Å². The lowest BCUT2D eigenvalue weighted by atomic mass is 10.0. The van der Waals surface area contributed by atoms with Crippen LogP contribution in [0.1, 0.15) is 25.8 Å². The highest BCUT2D eigenvalue weighted by atomic mass is 35.5. The second-order valence-corrected chi connectivity index (χ2v) is 5.43. The maximum absolute atomic E-state index is 12.7. The maximum Gasteiger partial charge on any atom is 0.405 e. The first kappa shape index (κ1) is 17.1. The highest BCUT2D eigenvalue weighted by molar-refractivity contribution is 6.30. The van der Waals surface area contributed by atoms with Crippen LogP contribution in [0.2, 0.25) is 5.02 Å². The minimum atomic E-state index is -4.24. The molecule has 114 valence electrons. The average Bonchev–Trinajstić information content (AvgIpc) is 2.26. The van der Waals surface area contributed by atoms with Gasteiger partial charge in [0.25, 0.3) is 0 Å². The third-order valence-electron chi connectivity index (χ3n) is 2.79. The van der Waals surface area contributed by atoms with Gasteiger partial charge in [-0.25, -0.2) is 0 Å². The fourth-order valence-corrected chi connectivity index (χ4v) is 2.34. The van der Waals surface area contributed by atoms with Crippen molar-refractivity contribution in [3.8, 4) is 0 Å². The Bertz CT molecular complexity index is 433. The molecule has 1 atom stereocenters. The zero-order valence-corrected chi connectivity index (χ0v) is 12.4. The molecule has 0 aliphatic heterocycles. The van der Waals surface area contributed by atoms with Gasteiger partial charge in [0, 0.05) is 23.3 Å². The predicted octanol–water partition coefficient (Wildman–Crippen LogP) is 4.01. The van der Waals surface area contributed by atoms with Crippen LogP contribution >= 0.6 is 11.6 Å². The van der Waals surface area contributed by atoms with E-state index < -0.39 is 12.7 Å². The lowest BCUT2D eigenvalue weighted by Gasteiger charge is -2.28. The molecule has 0 radical (unpaired) electrons. The fraction of sp³-hybridized carbons (Fsp3) is 0.571. The van der Waals surface area contributed by atoms with Gasteiger partial charge >= 0.3 is 6.18 Å². The van der Waals surface area contributed by atoms with Gasteiger partial charge in [-0.3, -0.25) is 0 Å². The fourth-order valence-electron chi connectivity index (χ4n) is 2.14. The van der Waals surface area contributed by atoms with E-state index in [1.165, 1.54) is 4.90 Å². The lowest BCUT2D eigenvalue weighted by molar-refractivity contribution is -0.119. The molecule has 1 aromatic carbocycles. The number of anilines is 1. The van der Waals surface area contributed by atoms with Crippen molar-refractivity contribution in [3.05, 3.63) is 28.8 Å². The molecule has 0 spiro atoms. The van der Waals surface area contributed by atoms with E-state index in [4.69, 9.17) is 17.3 Å². The van der Waals surface area contributed by atoms with Gasteiger partial charge in [0.15, 0.2) is 0 Å². The summed E-state index contributed by atoms with van der Waals surface area (Å²) in [5.74, 6) is 0. The molecule has 0 aliphatic rings. The van der Waals surface area contributed by atoms with Crippen molar-refractivity contribution >= 4 is 17.3 Å². The molecule has 0 bridgehead atoms. The van der Waals surface area contributed by atoms with Gasteiger partial charge in [-0.2, -0.15) is 13.2 Å². The number of nitrogens with two attached hydrogens (primary N) is 1. The highest BCUT2D eigenvalue weighted by Crippen LogP contribution is 2.28. The maximum atomic E-state index is 12.7. The van der Waals surface area contributed by atoms with Crippen molar-refractivity contribution < 1.29 is 13.2 Å². The van der Waals surface area contributed by atoms with E-state index in [1.807, 2.05) is 13.8 Å². The van der Waals surface area contributed by atoms with E-state index >= 15 is 0 Å². The molecule has 0 amide bonds. The van der Waals surface area contributed by atoms with Crippen LogP contribution in [0.5, 0.6) is 0 Å². The summed E-state index contributed by atoms with van der Waals surface area (Å²) >= 11 is 5.93. The van der Waals surface area contributed by atoms with E-state index in [1.54, 1.807) is 18.2 Å². The molecule has 20 heavy (non-hydrogen) atoms. The Kier molecular flexibility index (Phi) is 6.14. The van der Waals surface area contributed by atoms with Crippen LogP contribution in [0.4, 0.5) is 18.9 Å². The molecule has 0 heterocycles. The normalized spacial score (nSPS) is 13.3. The first-order valence-electron chi connectivity index (χ1n) is 6.58. The van der Waals surface area contributed by atoms with Crippen molar-refractivity contribution in [2.24, 2.45) is 5.73 Å². The van der Waals surface area contributed by atoms with Crippen LogP contribution in [-0.4, -0.2) is 25.3 Å². The van der Waals surface area contributed by atoms with Crippen LogP contribution in [-0.2, 0) is 6.42 Å². The number of hydrogen-bond donors (Lipinski definition) is 1. The summed E-state index contributed by atoms with van der Waals surface area (Å²) in [5, 5.41) is 0.507. The second-order valence-electron chi connectivity index (χ2n) is 4.99. The molecule has 0 aromatic heterocycles. The van der Waals surface area contributed by atoms with Gasteiger partial charge in [-0.05, 0) is 43.5 Å². The first-order valence-corrected chi connectivity index (χ1v) is 6.96. The Morgan fingerprint density at radius 2 is 2.00 bits per heavy atom. The number of rotatable bonds is 6. The monoisotopic (exact) mass is 308 g/mol. The van der Waals surface area contributed by atoms with Crippen LogP contribution in [0.15, 0.2) is 18.2 Å². The molecule has 6 heteroatoms. The molecule has 1 rings (SSSR count). The van der Waals surface area contributed by atoms with Crippen molar-refractivity contribution in [2.75, 3.05) is 18.0 Å². The SMILES string of the molecule is CCCN(CC(F)(F)F)c1ccc(Cl)cc1CC(C)N. The number of alkyl halides is 3. The summed E-state index contributed by atoms with van der Waals surface area (Å²) in [6, 6.07) is 4.81. The summed E-state index contributed by atoms with van der Waals surface area (Å²) in [6.07, 6.45) is -3.11. The standard InChI is InChI=1S/C14H20ClF3N2/c1-3-6-20(9-14(16,17)18)13-5-4-12(15)8-11(13)7-10(2)19/h4-5,8,10H,3,6-7,9,19H2,1-2H3. The van der Waals surface area contributed by atoms with E-state index in [0.29, 0.717) is 30.1 Å². The molecule has 2 nitrogen and oxygen atoms in total. The van der Waals surface area contributed by atoms with Gasteiger partial charge in [0.05, 0.1) is 0 Å². The molecule has 0 aliphatic carbocycles. The van der Waals surface area contributed by atoms with Crippen molar-refractivity contribution in [1.82, 2.24) is 0 Å². The van der Waals surface area contributed by atoms with Gasteiger partial charge in [0.2, 0.25) is 0 Å². The van der Waals surface area contributed by atoms with Gasteiger partial charge in [-0.15, -0.1) is 0 Å². The molecule has 0 saturated carbocycles. The summed E-state index contributed by atoms with van der Waals surface area (Å²) in [6.45, 7) is 3.05. The summed E-state index contributed by atoms with van der Waals surface area (Å²) in [4.78, 5) is 1.34.